The third-order valence-electron chi connectivity index (χ3n) is 0.792. The maximum absolute atomic E-state index is 7.05. The Hall–Kier alpha value is -0.790. The van der Waals surface area contributed by atoms with Gasteiger partial charge in [0.15, 0.2) is 0 Å². The Labute approximate surface area is 56.0 Å². The third-order valence-corrected chi connectivity index (χ3v) is 0.792. The fraction of sp³-hybridized carbons (Fsp3) is 0.571. The topological polar surface area (TPSA) is 33.1 Å². The molecule has 0 unspecified atom stereocenters. The van der Waals surface area contributed by atoms with Crippen molar-refractivity contribution >= 4 is 5.71 Å². The van der Waals surface area contributed by atoms with E-state index in [1.165, 1.54) is 0 Å². The molecule has 2 heteroatoms. The lowest BCUT2D eigenvalue weighted by Gasteiger charge is -1.99. The minimum atomic E-state index is 0.529. The van der Waals surface area contributed by atoms with E-state index >= 15 is 0 Å². The van der Waals surface area contributed by atoms with Crippen molar-refractivity contribution in [3.8, 4) is 0 Å². The fourth-order valence-corrected chi connectivity index (χ4v) is 0.574. The molecule has 0 bridgehead atoms. The first kappa shape index (κ1) is 8.21. The zero-order valence-corrected chi connectivity index (χ0v) is 6.19. The van der Waals surface area contributed by atoms with E-state index in [2.05, 4.69) is 0 Å². The molecule has 0 aliphatic heterocycles. The van der Waals surface area contributed by atoms with Gasteiger partial charge in [-0.1, -0.05) is 0 Å². The summed E-state index contributed by atoms with van der Waals surface area (Å²) in [5, 5.41) is 7.05. The molecule has 0 aromatic carbocycles. The SMILES string of the molecule is CCO/C(C)=C/C(C)=N. The molecule has 9 heavy (non-hydrogen) atoms. The summed E-state index contributed by atoms with van der Waals surface area (Å²) in [6, 6.07) is 0. The smallest absolute Gasteiger partial charge is 0.0946 e. The van der Waals surface area contributed by atoms with E-state index in [-0.39, 0.29) is 0 Å². The van der Waals surface area contributed by atoms with Gasteiger partial charge in [-0.15, -0.1) is 0 Å². The first-order valence-electron chi connectivity index (χ1n) is 3.03. The highest BCUT2D eigenvalue weighted by molar-refractivity contribution is 5.90. The molecule has 0 spiro atoms. The molecule has 0 amide bonds. The van der Waals surface area contributed by atoms with Crippen LogP contribution < -0.4 is 0 Å². The zero-order chi connectivity index (χ0) is 7.28. The van der Waals surface area contributed by atoms with Crippen LogP contribution in [0.3, 0.4) is 0 Å². The van der Waals surface area contributed by atoms with E-state index in [1.54, 1.807) is 13.0 Å². The van der Waals surface area contributed by atoms with Crippen LogP contribution in [0.1, 0.15) is 20.8 Å². The van der Waals surface area contributed by atoms with Crippen molar-refractivity contribution in [2.45, 2.75) is 20.8 Å². The van der Waals surface area contributed by atoms with Gasteiger partial charge in [0, 0.05) is 5.71 Å². The van der Waals surface area contributed by atoms with Crippen molar-refractivity contribution in [2.75, 3.05) is 6.61 Å². The van der Waals surface area contributed by atoms with Gasteiger partial charge in [0.1, 0.15) is 0 Å². The molecule has 0 radical (unpaired) electrons. The minimum Gasteiger partial charge on any atom is -0.498 e. The molecule has 0 saturated heterocycles. The molecule has 0 aromatic heterocycles. The average molecular weight is 127 g/mol. The van der Waals surface area contributed by atoms with Gasteiger partial charge in [-0.3, -0.25) is 0 Å². The second-order valence-corrected chi connectivity index (χ2v) is 1.87. The fourth-order valence-electron chi connectivity index (χ4n) is 0.574. The summed E-state index contributed by atoms with van der Waals surface area (Å²) in [6.07, 6.45) is 1.70. The normalized spacial score (nSPS) is 11.2. The van der Waals surface area contributed by atoms with Crippen molar-refractivity contribution in [3.63, 3.8) is 0 Å². The van der Waals surface area contributed by atoms with Crippen LogP contribution >= 0.6 is 0 Å². The summed E-state index contributed by atoms with van der Waals surface area (Å²) < 4.78 is 5.07. The largest absolute Gasteiger partial charge is 0.498 e. The van der Waals surface area contributed by atoms with Crippen molar-refractivity contribution in [3.05, 3.63) is 11.8 Å². The molecule has 2 nitrogen and oxygen atoms in total. The number of hydrogen-bond acceptors (Lipinski definition) is 2. The standard InChI is InChI=1S/C7H13NO/c1-4-9-7(3)5-6(2)8/h5,8H,4H2,1-3H3/b7-5+,8-6?. The van der Waals surface area contributed by atoms with E-state index in [0.29, 0.717) is 12.3 Å². The average Bonchev–Trinajstić information content (AvgIpc) is 1.63. The molecule has 0 saturated carbocycles. The zero-order valence-electron chi connectivity index (χ0n) is 6.19. The molecule has 52 valence electrons. The molecular weight excluding hydrogens is 114 g/mol. The predicted octanol–water partition coefficient (Wildman–Crippen LogP) is 1.97. The Morgan fingerprint density at radius 1 is 1.56 bits per heavy atom. The Bertz CT molecular complexity index is 127. The van der Waals surface area contributed by atoms with Gasteiger partial charge < -0.3 is 10.1 Å². The third kappa shape index (κ3) is 5.07. The molecule has 0 heterocycles. The lowest BCUT2D eigenvalue weighted by molar-refractivity contribution is 0.232. The number of allylic oxidation sites excluding steroid dienone is 2. The maximum Gasteiger partial charge on any atom is 0.0946 e. The summed E-state index contributed by atoms with van der Waals surface area (Å²) >= 11 is 0. The predicted molar refractivity (Wildman–Crippen MR) is 38.8 cm³/mol. The second-order valence-electron chi connectivity index (χ2n) is 1.87. The molecule has 1 N–H and O–H groups in total. The van der Waals surface area contributed by atoms with Crippen LogP contribution in [0.5, 0.6) is 0 Å². The molecule has 0 rings (SSSR count). The molecule has 0 atom stereocenters. The minimum absolute atomic E-state index is 0.529. The highest BCUT2D eigenvalue weighted by atomic mass is 16.5. The quantitative estimate of drug-likeness (QED) is 0.456. The van der Waals surface area contributed by atoms with Crippen LogP contribution in [0.25, 0.3) is 0 Å². The first-order valence-corrected chi connectivity index (χ1v) is 3.03. The lowest BCUT2D eigenvalue weighted by atomic mass is 10.3. The number of nitrogens with one attached hydrogen (secondary N) is 1. The van der Waals surface area contributed by atoms with E-state index in [1.807, 2.05) is 13.8 Å². The van der Waals surface area contributed by atoms with Gasteiger partial charge in [-0.05, 0) is 26.8 Å². The summed E-state index contributed by atoms with van der Waals surface area (Å²) in [4.78, 5) is 0. The van der Waals surface area contributed by atoms with Crippen molar-refractivity contribution < 1.29 is 4.74 Å². The van der Waals surface area contributed by atoms with Crippen LogP contribution in [0, 0.1) is 5.41 Å². The highest BCUT2D eigenvalue weighted by Gasteiger charge is 1.85. The number of rotatable bonds is 3. The van der Waals surface area contributed by atoms with E-state index in [9.17, 15) is 0 Å². The Kier molecular flexibility index (Phi) is 3.76. The van der Waals surface area contributed by atoms with Crippen molar-refractivity contribution in [1.29, 1.82) is 5.41 Å². The van der Waals surface area contributed by atoms with Gasteiger partial charge in [0.25, 0.3) is 0 Å². The lowest BCUT2D eigenvalue weighted by Crippen LogP contribution is -1.89. The summed E-state index contributed by atoms with van der Waals surface area (Å²) in [5.41, 5.74) is 0.529. The van der Waals surface area contributed by atoms with E-state index in [0.717, 1.165) is 5.76 Å². The Morgan fingerprint density at radius 2 is 2.11 bits per heavy atom. The first-order chi connectivity index (χ1) is 4.16. The molecule has 0 aromatic rings. The van der Waals surface area contributed by atoms with Crippen molar-refractivity contribution in [2.24, 2.45) is 0 Å². The van der Waals surface area contributed by atoms with Crippen LogP contribution in [0.15, 0.2) is 11.8 Å². The van der Waals surface area contributed by atoms with Crippen LogP contribution in [-0.2, 0) is 4.74 Å². The molecule has 0 aliphatic rings. The Balaban J connectivity index is 3.69. The summed E-state index contributed by atoms with van der Waals surface area (Å²) in [7, 11) is 0. The van der Waals surface area contributed by atoms with Gasteiger partial charge in [0.2, 0.25) is 0 Å². The number of hydrogen-bond donors (Lipinski definition) is 1. The molecule has 0 fully saturated rings. The molecular formula is C7H13NO. The van der Waals surface area contributed by atoms with Crippen molar-refractivity contribution in [1.82, 2.24) is 0 Å². The van der Waals surface area contributed by atoms with Crippen LogP contribution in [0.4, 0.5) is 0 Å². The van der Waals surface area contributed by atoms with Crippen LogP contribution in [-0.4, -0.2) is 12.3 Å². The molecule has 0 aliphatic carbocycles. The van der Waals surface area contributed by atoms with Gasteiger partial charge in [0.05, 0.1) is 12.4 Å². The number of ether oxygens (including phenoxy) is 1. The van der Waals surface area contributed by atoms with E-state index in [4.69, 9.17) is 10.1 Å². The highest BCUT2D eigenvalue weighted by Crippen LogP contribution is 1.93. The maximum atomic E-state index is 7.05. The van der Waals surface area contributed by atoms with Crippen LogP contribution in [0.2, 0.25) is 0 Å². The van der Waals surface area contributed by atoms with Gasteiger partial charge in [-0.25, -0.2) is 0 Å². The second kappa shape index (κ2) is 4.13. The van der Waals surface area contributed by atoms with Gasteiger partial charge in [-0.2, -0.15) is 0 Å². The van der Waals surface area contributed by atoms with E-state index < -0.39 is 0 Å². The van der Waals surface area contributed by atoms with Gasteiger partial charge >= 0.3 is 0 Å². The monoisotopic (exact) mass is 127 g/mol. The Morgan fingerprint density at radius 3 is 2.44 bits per heavy atom. The summed E-state index contributed by atoms with van der Waals surface area (Å²) in [6.45, 7) is 6.18. The summed E-state index contributed by atoms with van der Waals surface area (Å²) in [5.74, 6) is 0.810.